The van der Waals surface area contributed by atoms with E-state index in [1.54, 1.807) is 0 Å². The van der Waals surface area contributed by atoms with E-state index in [-0.39, 0.29) is 0 Å². The zero-order valence-electron chi connectivity index (χ0n) is 11.2. The average molecular weight is 245 g/mol. The highest BCUT2D eigenvalue weighted by Gasteiger charge is 2.29. The van der Waals surface area contributed by atoms with Crippen LogP contribution in [0.25, 0.3) is 0 Å². The number of nitrogens with zero attached hydrogens (tertiary/aromatic N) is 1. The molecule has 0 spiro atoms. The fraction of sp³-hybridized carbons (Fsp3) is 0.625. The second-order valence-electron chi connectivity index (χ2n) is 5.97. The maximum absolute atomic E-state index is 10.00. The smallest absolute Gasteiger partial charge is 0.119 e. The monoisotopic (exact) mass is 245 g/mol. The number of likely N-dealkylation sites (tertiary alicyclic amines) is 1. The standard InChI is InChI=1S/C16H23NO/c1-12-8-10-17(11-9-12)15-6-2-5-14-13(15)4-3-7-16(14)18/h3-4,7,12,15,18H,2,5-6,8-11H2,1H3. The molecular formula is C16H23NO. The minimum Gasteiger partial charge on any atom is -0.508 e. The molecule has 2 heteroatoms. The number of phenols is 1. The van der Waals surface area contributed by atoms with E-state index in [1.807, 2.05) is 12.1 Å². The van der Waals surface area contributed by atoms with Crippen molar-refractivity contribution in [1.29, 1.82) is 0 Å². The van der Waals surface area contributed by atoms with Crippen LogP contribution in [0.2, 0.25) is 0 Å². The van der Waals surface area contributed by atoms with E-state index in [4.69, 9.17) is 0 Å². The first-order valence-electron chi connectivity index (χ1n) is 7.30. The second kappa shape index (κ2) is 4.93. The third kappa shape index (κ3) is 2.14. The molecule has 0 aromatic heterocycles. The summed E-state index contributed by atoms with van der Waals surface area (Å²) in [5.74, 6) is 1.39. The van der Waals surface area contributed by atoms with Crippen LogP contribution in [0.1, 0.15) is 49.8 Å². The molecule has 0 amide bonds. The molecular weight excluding hydrogens is 222 g/mol. The van der Waals surface area contributed by atoms with Crippen LogP contribution in [0.3, 0.4) is 0 Å². The number of fused-ring (bicyclic) bond motifs is 1. The lowest BCUT2D eigenvalue weighted by atomic mass is 9.85. The molecule has 1 aromatic carbocycles. The first-order chi connectivity index (χ1) is 8.75. The lowest BCUT2D eigenvalue weighted by Gasteiger charge is -2.39. The molecule has 1 unspecified atom stereocenters. The van der Waals surface area contributed by atoms with Crippen LogP contribution in [0.4, 0.5) is 0 Å². The van der Waals surface area contributed by atoms with Crippen molar-refractivity contribution in [3.05, 3.63) is 29.3 Å². The van der Waals surface area contributed by atoms with Crippen molar-refractivity contribution in [3.63, 3.8) is 0 Å². The van der Waals surface area contributed by atoms with E-state index in [0.717, 1.165) is 12.3 Å². The van der Waals surface area contributed by atoms with Crippen LogP contribution in [0.15, 0.2) is 18.2 Å². The maximum Gasteiger partial charge on any atom is 0.119 e. The van der Waals surface area contributed by atoms with Crippen molar-refractivity contribution >= 4 is 0 Å². The van der Waals surface area contributed by atoms with E-state index in [2.05, 4.69) is 17.9 Å². The average Bonchev–Trinajstić information content (AvgIpc) is 2.40. The quantitative estimate of drug-likeness (QED) is 0.818. The number of phenolic OH excluding ortho intramolecular Hbond substituents is 1. The lowest BCUT2D eigenvalue weighted by molar-refractivity contribution is 0.125. The van der Waals surface area contributed by atoms with Crippen LogP contribution in [0.5, 0.6) is 5.75 Å². The summed E-state index contributed by atoms with van der Waals surface area (Å²) < 4.78 is 0. The SMILES string of the molecule is CC1CCN(C2CCCc3c(O)cccc32)CC1. The fourth-order valence-corrected chi connectivity index (χ4v) is 3.52. The van der Waals surface area contributed by atoms with Gasteiger partial charge in [-0.05, 0) is 68.3 Å². The third-order valence-electron chi connectivity index (χ3n) is 4.71. The molecule has 98 valence electrons. The molecule has 2 nitrogen and oxygen atoms in total. The molecule has 1 aliphatic heterocycles. The zero-order chi connectivity index (χ0) is 12.5. The van der Waals surface area contributed by atoms with E-state index in [1.165, 1.54) is 49.9 Å². The summed E-state index contributed by atoms with van der Waals surface area (Å²) in [5, 5.41) is 10.00. The Morgan fingerprint density at radius 1 is 1.17 bits per heavy atom. The van der Waals surface area contributed by atoms with E-state index in [0.29, 0.717) is 11.8 Å². The number of hydrogen-bond donors (Lipinski definition) is 1. The van der Waals surface area contributed by atoms with Crippen LogP contribution in [-0.2, 0) is 6.42 Å². The van der Waals surface area contributed by atoms with Gasteiger partial charge in [0.15, 0.2) is 0 Å². The van der Waals surface area contributed by atoms with Crippen molar-refractivity contribution in [2.45, 2.75) is 45.1 Å². The molecule has 1 aliphatic carbocycles. The van der Waals surface area contributed by atoms with Gasteiger partial charge in [0.1, 0.15) is 5.75 Å². The lowest BCUT2D eigenvalue weighted by Crippen LogP contribution is -2.37. The van der Waals surface area contributed by atoms with Crippen molar-refractivity contribution in [1.82, 2.24) is 4.90 Å². The normalized spacial score (nSPS) is 25.9. The Hall–Kier alpha value is -1.02. The van der Waals surface area contributed by atoms with Gasteiger partial charge < -0.3 is 5.11 Å². The number of benzene rings is 1. The van der Waals surface area contributed by atoms with E-state index in [9.17, 15) is 5.11 Å². The molecule has 1 heterocycles. The minimum atomic E-state index is 0.502. The van der Waals surface area contributed by atoms with Gasteiger partial charge in [0.05, 0.1) is 0 Å². The van der Waals surface area contributed by atoms with Crippen LogP contribution < -0.4 is 0 Å². The van der Waals surface area contributed by atoms with E-state index < -0.39 is 0 Å². The topological polar surface area (TPSA) is 23.5 Å². The van der Waals surface area contributed by atoms with Gasteiger partial charge in [-0.2, -0.15) is 0 Å². The Balaban J connectivity index is 1.85. The highest BCUT2D eigenvalue weighted by molar-refractivity contribution is 5.42. The molecule has 1 aromatic rings. The minimum absolute atomic E-state index is 0.502. The molecule has 2 aliphatic rings. The Kier molecular flexibility index (Phi) is 3.29. The number of rotatable bonds is 1. The van der Waals surface area contributed by atoms with Crippen LogP contribution >= 0.6 is 0 Å². The molecule has 0 bridgehead atoms. The molecule has 1 saturated heterocycles. The molecule has 1 atom stereocenters. The predicted molar refractivity (Wildman–Crippen MR) is 73.8 cm³/mol. The Bertz CT molecular complexity index is 421. The molecule has 18 heavy (non-hydrogen) atoms. The first kappa shape index (κ1) is 12.0. The molecule has 1 N–H and O–H groups in total. The van der Waals surface area contributed by atoms with E-state index >= 15 is 0 Å². The van der Waals surface area contributed by atoms with Crippen molar-refractivity contribution in [2.75, 3.05) is 13.1 Å². The molecule has 0 saturated carbocycles. The van der Waals surface area contributed by atoms with Crippen molar-refractivity contribution in [2.24, 2.45) is 5.92 Å². The number of aromatic hydroxyl groups is 1. The third-order valence-corrected chi connectivity index (χ3v) is 4.71. The zero-order valence-corrected chi connectivity index (χ0v) is 11.2. The Morgan fingerprint density at radius 2 is 1.94 bits per heavy atom. The summed E-state index contributed by atoms with van der Waals surface area (Å²) in [6.45, 7) is 4.81. The summed E-state index contributed by atoms with van der Waals surface area (Å²) >= 11 is 0. The largest absolute Gasteiger partial charge is 0.508 e. The molecule has 1 fully saturated rings. The first-order valence-corrected chi connectivity index (χ1v) is 7.30. The highest BCUT2D eigenvalue weighted by atomic mass is 16.3. The van der Waals surface area contributed by atoms with Crippen LogP contribution in [0, 0.1) is 5.92 Å². The van der Waals surface area contributed by atoms with Gasteiger partial charge >= 0.3 is 0 Å². The number of hydrogen-bond acceptors (Lipinski definition) is 2. The summed E-state index contributed by atoms with van der Waals surface area (Å²) in [6, 6.07) is 6.60. The Labute approximate surface area is 110 Å². The summed E-state index contributed by atoms with van der Waals surface area (Å²) in [7, 11) is 0. The van der Waals surface area contributed by atoms with Gasteiger partial charge in [0.25, 0.3) is 0 Å². The highest BCUT2D eigenvalue weighted by Crippen LogP contribution is 2.39. The Morgan fingerprint density at radius 3 is 2.72 bits per heavy atom. The fourth-order valence-electron chi connectivity index (χ4n) is 3.52. The van der Waals surface area contributed by atoms with Gasteiger partial charge in [-0.15, -0.1) is 0 Å². The van der Waals surface area contributed by atoms with Crippen molar-refractivity contribution in [3.8, 4) is 5.75 Å². The van der Waals surface area contributed by atoms with Crippen molar-refractivity contribution < 1.29 is 5.11 Å². The summed E-state index contributed by atoms with van der Waals surface area (Å²) in [6.07, 6.45) is 6.16. The number of piperidine rings is 1. The van der Waals surface area contributed by atoms with Gasteiger partial charge in [0.2, 0.25) is 0 Å². The van der Waals surface area contributed by atoms with Gasteiger partial charge in [-0.25, -0.2) is 0 Å². The molecule has 3 rings (SSSR count). The van der Waals surface area contributed by atoms with Gasteiger partial charge in [0, 0.05) is 6.04 Å². The summed E-state index contributed by atoms with van der Waals surface area (Å²) in [4.78, 5) is 2.64. The second-order valence-corrected chi connectivity index (χ2v) is 5.97. The van der Waals surface area contributed by atoms with Crippen LogP contribution in [-0.4, -0.2) is 23.1 Å². The molecule has 0 radical (unpaired) electrons. The predicted octanol–water partition coefficient (Wildman–Crippen LogP) is 3.50. The van der Waals surface area contributed by atoms with Gasteiger partial charge in [-0.3, -0.25) is 4.90 Å². The summed E-state index contributed by atoms with van der Waals surface area (Å²) in [5.41, 5.74) is 2.59. The maximum atomic E-state index is 10.00. The van der Waals surface area contributed by atoms with Gasteiger partial charge in [-0.1, -0.05) is 19.1 Å².